The van der Waals surface area contributed by atoms with E-state index in [-0.39, 0.29) is 27.3 Å². The molecular formula is Cl2O6PbS2. The van der Waals surface area contributed by atoms with Gasteiger partial charge >= 0.3 is 27.3 Å². The minimum atomic E-state index is -4.44. The van der Waals surface area contributed by atoms with Gasteiger partial charge in [0.2, 0.25) is 0 Å². The van der Waals surface area contributed by atoms with Gasteiger partial charge in [-0.25, -0.2) is 16.8 Å². The van der Waals surface area contributed by atoms with E-state index in [1.54, 1.807) is 0 Å². The number of hydrogen-bond donors (Lipinski definition) is 0. The third kappa shape index (κ3) is 563. The summed E-state index contributed by atoms with van der Waals surface area (Å²) in [6, 6.07) is 0. The third-order valence-electron chi connectivity index (χ3n) is 0. The maximum absolute atomic E-state index is 8.84. The molecule has 0 bridgehead atoms. The Morgan fingerprint density at radius 2 is 0.818 bits per heavy atom. The topological polar surface area (TPSA) is 114 Å². The second-order valence-corrected chi connectivity index (χ2v) is 4.63. The van der Waals surface area contributed by atoms with Gasteiger partial charge in [0.25, 0.3) is 0 Å². The van der Waals surface area contributed by atoms with Crippen LogP contribution in [-0.2, 0) is 18.7 Å². The van der Waals surface area contributed by atoms with Crippen LogP contribution >= 0.6 is 21.4 Å². The molecule has 0 amide bonds. The first kappa shape index (κ1) is 18.2. The van der Waals surface area contributed by atoms with E-state index in [0.29, 0.717) is 0 Å². The van der Waals surface area contributed by atoms with E-state index in [1.807, 2.05) is 0 Å². The van der Waals surface area contributed by atoms with Crippen LogP contribution in [0.25, 0.3) is 0 Å². The van der Waals surface area contributed by atoms with Gasteiger partial charge in [-0.15, -0.1) is 0 Å². The average Bonchev–Trinajstić information content (AvgIpc) is 1.12. The van der Waals surface area contributed by atoms with Gasteiger partial charge in [0.05, 0.1) is 0 Å². The van der Waals surface area contributed by atoms with E-state index in [0.717, 1.165) is 0 Å². The Kier molecular flexibility index (Phi) is 11.2. The molecule has 66 valence electrons. The van der Waals surface area contributed by atoms with Crippen molar-refractivity contribution < 1.29 is 25.9 Å². The van der Waals surface area contributed by atoms with Gasteiger partial charge in [0.15, 0.2) is 18.7 Å². The summed E-state index contributed by atoms with van der Waals surface area (Å²) in [5.41, 5.74) is 0. The molecule has 0 saturated carbocycles. The molecule has 0 aromatic rings. The standard InChI is InChI=1S/2ClHO3S.Pb/c2*1-5(2,3)4;/h2*(H,2,3,4);/q;;+2/p-2. The number of hydrogen-bond acceptors (Lipinski definition) is 6. The van der Waals surface area contributed by atoms with Crippen molar-refractivity contribution in [1.29, 1.82) is 0 Å². The van der Waals surface area contributed by atoms with Crippen molar-refractivity contribution in [3.63, 3.8) is 0 Å². The van der Waals surface area contributed by atoms with E-state index in [9.17, 15) is 0 Å². The van der Waals surface area contributed by atoms with Crippen LogP contribution in [0.5, 0.6) is 0 Å². The molecule has 0 N–H and O–H groups in total. The zero-order chi connectivity index (χ0) is 9.00. The average molecular weight is 438 g/mol. The summed E-state index contributed by atoms with van der Waals surface area (Å²) in [6.07, 6.45) is 0. The minimum Gasteiger partial charge on any atom is -0.735 e. The van der Waals surface area contributed by atoms with Crippen molar-refractivity contribution in [1.82, 2.24) is 0 Å². The van der Waals surface area contributed by atoms with E-state index >= 15 is 0 Å². The summed E-state index contributed by atoms with van der Waals surface area (Å²) in [4.78, 5) is 0. The van der Waals surface area contributed by atoms with Crippen LogP contribution in [-0.4, -0.2) is 53.2 Å². The predicted molar refractivity (Wildman–Crippen MR) is 36.9 cm³/mol. The fraction of sp³-hybridized carbons (Fsp3) is 0. The van der Waals surface area contributed by atoms with Gasteiger partial charge in [-0.05, 0) is 0 Å². The molecule has 0 saturated heterocycles. The second-order valence-electron chi connectivity index (χ2n) is 0.786. The molecule has 0 aliphatic rings. The maximum Gasteiger partial charge on any atom is 2.00 e. The first-order chi connectivity index (χ1) is 4.00. The summed E-state index contributed by atoms with van der Waals surface area (Å²) in [6.45, 7) is 0. The zero-order valence-electron chi connectivity index (χ0n) is 4.52. The first-order valence-electron chi connectivity index (χ1n) is 1.31. The van der Waals surface area contributed by atoms with Crippen molar-refractivity contribution >= 4 is 67.3 Å². The molecule has 0 aliphatic carbocycles. The maximum atomic E-state index is 8.84. The van der Waals surface area contributed by atoms with Gasteiger partial charge in [-0.3, -0.25) is 0 Å². The van der Waals surface area contributed by atoms with E-state index in [2.05, 4.69) is 21.4 Å². The molecule has 0 fully saturated rings. The molecule has 2 radical (unpaired) electrons. The predicted octanol–water partition coefficient (Wildman–Crippen LogP) is -1.01. The van der Waals surface area contributed by atoms with Crippen LogP contribution in [0.4, 0.5) is 0 Å². The van der Waals surface area contributed by atoms with E-state index in [4.69, 9.17) is 25.9 Å². The molecule has 0 heterocycles. The summed E-state index contributed by atoms with van der Waals surface area (Å²) in [5, 5.41) is 0. The first-order valence-corrected chi connectivity index (χ1v) is 5.78. The van der Waals surface area contributed by atoms with Crippen LogP contribution in [0.15, 0.2) is 0 Å². The van der Waals surface area contributed by atoms with Crippen LogP contribution in [0.1, 0.15) is 0 Å². The Balaban J connectivity index is -0.000000107. The van der Waals surface area contributed by atoms with Crippen LogP contribution in [0, 0.1) is 0 Å². The van der Waals surface area contributed by atoms with Crippen molar-refractivity contribution in [3.05, 3.63) is 0 Å². The number of rotatable bonds is 0. The molecule has 0 atom stereocenters. The van der Waals surface area contributed by atoms with Gasteiger partial charge in [-0.2, -0.15) is 0 Å². The quantitative estimate of drug-likeness (QED) is 0.272. The molecule has 0 rings (SSSR count). The van der Waals surface area contributed by atoms with Gasteiger partial charge in [0, 0.05) is 21.4 Å². The third-order valence-corrected chi connectivity index (χ3v) is 0. The van der Waals surface area contributed by atoms with Gasteiger partial charge in [0.1, 0.15) is 0 Å². The SMILES string of the molecule is O=S(=O)([O-])Cl.O=S(=O)([O-])Cl.[Pb+2]. The summed E-state index contributed by atoms with van der Waals surface area (Å²) in [7, 11) is -0.995. The Morgan fingerprint density at radius 1 is 0.818 bits per heavy atom. The van der Waals surface area contributed by atoms with Crippen molar-refractivity contribution in [2.45, 2.75) is 0 Å². The largest absolute Gasteiger partial charge is 2.00 e. The molecule has 0 unspecified atom stereocenters. The Hall–Kier alpha value is 1.32. The van der Waals surface area contributed by atoms with E-state index < -0.39 is 18.7 Å². The second kappa shape index (κ2) is 6.80. The summed E-state index contributed by atoms with van der Waals surface area (Å²) >= 11 is 0. The van der Waals surface area contributed by atoms with Crippen LogP contribution in [0.3, 0.4) is 0 Å². The smallest absolute Gasteiger partial charge is 0.735 e. The van der Waals surface area contributed by atoms with Crippen molar-refractivity contribution in [2.75, 3.05) is 0 Å². The monoisotopic (exact) mass is 438 g/mol. The fourth-order valence-electron chi connectivity index (χ4n) is 0. The van der Waals surface area contributed by atoms with Gasteiger partial charge in [-0.1, -0.05) is 0 Å². The minimum absolute atomic E-state index is 0. The Bertz CT molecular complexity index is 215. The molecule has 0 aromatic heterocycles. The van der Waals surface area contributed by atoms with Crippen LogP contribution in [0.2, 0.25) is 0 Å². The molecule has 11 heteroatoms. The summed E-state index contributed by atoms with van der Waals surface area (Å²) in [5.74, 6) is 0. The Labute approximate surface area is 92.5 Å². The molecule has 0 aromatic carbocycles. The summed E-state index contributed by atoms with van der Waals surface area (Å²) < 4.78 is 53.1. The van der Waals surface area contributed by atoms with Gasteiger partial charge < -0.3 is 9.11 Å². The fourth-order valence-corrected chi connectivity index (χ4v) is 0. The molecule has 6 nitrogen and oxygen atoms in total. The molecular weight excluding hydrogens is 438 g/mol. The molecule has 0 spiro atoms. The van der Waals surface area contributed by atoms with Crippen molar-refractivity contribution in [2.24, 2.45) is 0 Å². The van der Waals surface area contributed by atoms with E-state index in [1.165, 1.54) is 0 Å². The Morgan fingerprint density at radius 3 is 0.818 bits per heavy atom. The molecule has 0 aliphatic heterocycles. The normalized spacial score (nSPS) is 10.5. The van der Waals surface area contributed by atoms with Crippen molar-refractivity contribution in [3.8, 4) is 0 Å². The zero-order valence-corrected chi connectivity index (χ0v) is 11.6. The van der Waals surface area contributed by atoms with Crippen LogP contribution < -0.4 is 0 Å². The molecule has 11 heavy (non-hydrogen) atoms. The number of halogens is 2.